The number of nitrogens with zero attached hydrogens (tertiary/aromatic N) is 1. The second-order valence-electron chi connectivity index (χ2n) is 5.87. The van der Waals surface area contributed by atoms with Gasteiger partial charge in [-0.15, -0.1) is 0 Å². The molecule has 1 aromatic carbocycles. The van der Waals surface area contributed by atoms with E-state index in [1.807, 2.05) is 6.07 Å². The maximum Gasteiger partial charge on any atom is 0.169 e. The molecule has 1 heterocycles. The second-order valence-corrected chi connectivity index (χ2v) is 5.87. The van der Waals surface area contributed by atoms with Gasteiger partial charge in [0.1, 0.15) is 0 Å². The summed E-state index contributed by atoms with van der Waals surface area (Å²) in [5.41, 5.74) is 3.18. The van der Waals surface area contributed by atoms with E-state index in [4.69, 9.17) is 10.6 Å². The van der Waals surface area contributed by atoms with Gasteiger partial charge in [0, 0.05) is 11.1 Å². The monoisotopic (exact) mass is 295 g/mol. The first-order chi connectivity index (χ1) is 10.1. The third-order valence-electron chi connectivity index (χ3n) is 4.86. The van der Waals surface area contributed by atoms with Crippen molar-refractivity contribution in [3.05, 3.63) is 29.6 Å². The number of benzene rings is 1. The Morgan fingerprint density at radius 3 is 2.62 bits per heavy atom. The molecule has 5 heteroatoms. The van der Waals surface area contributed by atoms with Crippen LogP contribution in [0.25, 0.3) is 0 Å². The van der Waals surface area contributed by atoms with Crippen molar-refractivity contribution in [1.82, 2.24) is 10.3 Å². The third kappa shape index (κ3) is 2.91. The lowest BCUT2D eigenvalue weighted by molar-refractivity contribution is 0.0822. The lowest BCUT2D eigenvalue weighted by Crippen LogP contribution is -2.55. The number of hydrogen-bond donors (Lipinski definition) is 2. The van der Waals surface area contributed by atoms with Crippen molar-refractivity contribution >= 4 is 0 Å². The number of hydrogen-bond acceptors (Lipinski definition) is 4. The summed E-state index contributed by atoms with van der Waals surface area (Å²) in [6, 6.07) is 4.94. The van der Waals surface area contributed by atoms with Gasteiger partial charge in [0.25, 0.3) is 0 Å². The van der Waals surface area contributed by atoms with E-state index >= 15 is 0 Å². The summed E-state index contributed by atoms with van der Waals surface area (Å²) in [6.07, 6.45) is 3.26. The smallest absolute Gasteiger partial charge is 0.169 e. The van der Waals surface area contributed by atoms with E-state index in [2.05, 4.69) is 24.2 Å². The van der Waals surface area contributed by atoms with Crippen LogP contribution in [0.5, 0.6) is 5.75 Å². The number of likely N-dealkylation sites (tertiary alicyclic amines) is 1. The Hall–Kier alpha value is -1.17. The molecule has 1 aliphatic rings. The molecule has 2 rings (SSSR count). The number of methoxy groups -OCH3 is 1. The third-order valence-corrected chi connectivity index (χ3v) is 4.86. The highest BCUT2D eigenvalue weighted by atomic mass is 19.1. The molecule has 0 aromatic heterocycles. The fourth-order valence-corrected chi connectivity index (χ4v) is 3.35. The van der Waals surface area contributed by atoms with Gasteiger partial charge >= 0.3 is 0 Å². The standard InChI is InChI=1S/C16H26FN3O/c1-4-16(2,20-10-5-6-11-20)15(19-18)12-8-7-9-13(21-3)14(12)17/h7-9,15,19H,4-6,10-11,18H2,1-3H3. The molecular formula is C16H26FN3O. The molecule has 2 atom stereocenters. The zero-order chi connectivity index (χ0) is 15.5. The summed E-state index contributed by atoms with van der Waals surface area (Å²) in [4.78, 5) is 2.41. The topological polar surface area (TPSA) is 50.5 Å². The predicted molar refractivity (Wildman–Crippen MR) is 82.5 cm³/mol. The minimum atomic E-state index is -0.332. The molecule has 1 fully saturated rings. The number of nitrogens with one attached hydrogen (secondary N) is 1. The van der Waals surface area contributed by atoms with Gasteiger partial charge in [-0.2, -0.15) is 0 Å². The Labute approximate surface area is 126 Å². The number of nitrogens with two attached hydrogens (primary N) is 1. The lowest BCUT2D eigenvalue weighted by atomic mass is 9.83. The fourth-order valence-electron chi connectivity index (χ4n) is 3.35. The van der Waals surface area contributed by atoms with Gasteiger partial charge in [0.15, 0.2) is 11.6 Å². The van der Waals surface area contributed by atoms with E-state index in [0.717, 1.165) is 19.5 Å². The van der Waals surface area contributed by atoms with Crippen LogP contribution in [0.2, 0.25) is 0 Å². The Morgan fingerprint density at radius 2 is 2.10 bits per heavy atom. The molecule has 4 nitrogen and oxygen atoms in total. The van der Waals surface area contributed by atoms with Crippen molar-refractivity contribution in [2.24, 2.45) is 5.84 Å². The molecule has 21 heavy (non-hydrogen) atoms. The molecule has 0 amide bonds. The molecule has 1 aromatic rings. The van der Waals surface area contributed by atoms with E-state index < -0.39 is 0 Å². The summed E-state index contributed by atoms with van der Waals surface area (Å²) in [5, 5.41) is 0. The van der Waals surface area contributed by atoms with Crippen LogP contribution < -0.4 is 16.0 Å². The van der Waals surface area contributed by atoms with Crippen molar-refractivity contribution in [2.45, 2.75) is 44.7 Å². The molecule has 0 bridgehead atoms. The van der Waals surface area contributed by atoms with E-state index in [9.17, 15) is 4.39 Å². The van der Waals surface area contributed by atoms with Crippen LogP contribution in [-0.2, 0) is 0 Å². The first-order valence-electron chi connectivity index (χ1n) is 7.62. The molecule has 3 N–H and O–H groups in total. The first kappa shape index (κ1) is 16.2. The molecule has 0 radical (unpaired) electrons. The molecule has 1 saturated heterocycles. The highest BCUT2D eigenvalue weighted by Crippen LogP contribution is 2.38. The summed E-state index contributed by atoms with van der Waals surface area (Å²) in [7, 11) is 1.48. The summed E-state index contributed by atoms with van der Waals surface area (Å²) in [6.45, 7) is 6.35. The van der Waals surface area contributed by atoms with E-state index in [1.54, 1.807) is 12.1 Å². The van der Waals surface area contributed by atoms with E-state index in [-0.39, 0.29) is 23.1 Å². The molecule has 1 aliphatic heterocycles. The highest BCUT2D eigenvalue weighted by Gasteiger charge is 2.41. The minimum Gasteiger partial charge on any atom is -0.494 e. The van der Waals surface area contributed by atoms with E-state index in [0.29, 0.717) is 5.56 Å². The van der Waals surface area contributed by atoms with Crippen molar-refractivity contribution < 1.29 is 9.13 Å². The van der Waals surface area contributed by atoms with Crippen molar-refractivity contribution in [3.8, 4) is 5.75 Å². The van der Waals surface area contributed by atoms with Crippen molar-refractivity contribution in [2.75, 3.05) is 20.2 Å². The Balaban J connectivity index is 2.41. The second kappa shape index (κ2) is 6.73. The van der Waals surface area contributed by atoms with Gasteiger partial charge in [-0.1, -0.05) is 19.1 Å². The van der Waals surface area contributed by atoms with Gasteiger partial charge in [0.2, 0.25) is 0 Å². The Kier molecular flexibility index (Phi) is 5.19. The zero-order valence-electron chi connectivity index (χ0n) is 13.2. The average molecular weight is 295 g/mol. The fraction of sp³-hybridized carbons (Fsp3) is 0.625. The number of rotatable bonds is 6. The Morgan fingerprint density at radius 1 is 1.43 bits per heavy atom. The molecule has 0 aliphatic carbocycles. The Bertz CT molecular complexity index is 477. The van der Waals surface area contributed by atoms with Crippen LogP contribution in [0.15, 0.2) is 18.2 Å². The normalized spacial score (nSPS) is 20.2. The molecule has 2 unspecified atom stereocenters. The van der Waals surface area contributed by atoms with Gasteiger partial charge in [-0.05, 0) is 45.3 Å². The molecular weight excluding hydrogens is 269 g/mol. The number of hydrazine groups is 1. The SMILES string of the molecule is CCC(C)(C(NN)c1cccc(OC)c1F)N1CCCC1. The summed E-state index contributed by atoms with van der Waals surface area (Å²) >= 11 is 0. The summed E-state index contributed by atoms with van der Waals surface area (Å²) in [5.74, 6) is 5.74. The minimum absolute atomic E-state index is 0.224. The number of halogens is 1. The van der Waals surface area contributed by atoms with Crippen LogP contribution in [0.4, 0.5) is 4.39 Å². The van der Waals surface area contributed by atoms with Crippen LogP contribution in [0.3, 0.4) is 0 Å². The molecule has 0 spiro atoms. The van der Waals surface area contributed by atoms with Crippen molar-refractivity contribution in [3.63, 3.8) is 0 Å². The van der Waals surface area contributed by atoms with Gasteiger partial charge < -0.3 is 4.74 Å². The average Bonchev–Trinajstić information content (AvgIpc) is 3.04. The maximum atomic E-state index is 14.6. The van der Waals surface area contributed by atoms with Gasteiger partial charge in [0.05, 0.1) is 13.2 Å². The van der Waals surface area contributed by atoms with Gasteiger partial charge in [-0.25, -0.2) is 4.39 Å². The van der Waals surface area contributed by atoms with Crippen LogP contribution in [0.1, 0.15) is 44.7 Å². The largest absolute Gasteiger partial charge is 0.494 e. The van der Waals surface area contributed by atoms with Crippen LogP contribution in [0, 0.1) is 5.82 Å². The number of ether oxygens (including phenoxy) is 1. The predicted octanol–water partition coefficient (Wildman–Crippen LogP) is 2.60. The van der Waals surface area contributed by atoms with Gasteiger partial charge in [-0.3, -0.25) is 16.2 Å². The van der Waals surface area contributed by atoms with E-state index in [1.165, 1.54) is 20.0 Å². The highest BCUT2D eigenvalue weighted by molar-refractivity contribution is 5.34. The quantitative estimate of drug-likeness (QED) is 0.626. The maximum absolute atomic E-state index is 14.6. The van der Waals surface area contributed by atoms with Crippen LogP contribution in [-0.4, -0.2) is 30.6 Å². The first-order valence-corrected chi connectivity index (χ1v) is 7.62. The molecule has 118 valence electrons. The molecule has 0 saturated carbocycles. The summed E-state index contributed by atoms with van der Waals surface area (Å²) < 4.78 is 19.7. The zero-order valence-corrected chi connectivity index (χ0v) is 13.2. The van der Waals surface area contributed by atoms with Crippen molar-refractivity contribution in [1.29, 1.82) is 0 Å². The lowest BCUT2D eigenvalue weighted by Gasteiger charge is -2.44. The van der Waals surface area contributed by atoms with Crippen LogP contribution >= 0.6 is 0 Å².